The summed E-state index contributed by atoms with van der Waals surface area (Å²) in [5.41, 5.74) is 6.21. The van der Waals surface area contributed by atoms with E-state index in [1.165, 1.54) is 0 Å². The molecule has 2 aromatic carbocycles. The van der Waals surface area contributed by atoms with Gasteiger partial charge in [-0.2, -0.15) is 0 Å². The number of esters is 1. The topological polar surface area (TPSA) is 52.3 Å². The molecule has 0 unspecified atom stereocenters. The predicted molar refractivity (Wildman–Crippen MR) is 94.1 cm³/mol. The van der Waals surface area contributed by atoms with E-state index in [0.717, 1.165) is 39.3 Å². The molecule has 1 aliphatic carbocycles. The Morgan fingerprint density at radius 3 is 2.20 bits per heavy atom. The lowest BCUT2D eigenvalue weighted by Crippen LogP contribution is -2.11. The van der Waals surface area contributed by atoms with Crippen LogP contribution in [0.15, 0.2) is 53.1 Å². The van der Waals surface area contributed by atoms with E-state index in [9.17, 15) is 4.79 Å². The van der Waals surface area contributed by atoms with Crippen molar-refractivity contribution in [1.82, 2.24) is 5.16 Å². The fourth-order valence-corrected chi connectivity index (χ4v) is 3.51. The molecule has 1 aliphatic rings. The van der Waals surface area contributed by atoms with E-state index in [-0.39, 0.29) is 12.1 Å². The Balaban J connectivity index is 1.53. The van der Waals surface area contributed by atoms with Gasteiger partial charge in [-0.1, -0.05) is 53.7 Å². The maximum Gasteiger partial charge on any atom is 0.307 e. The van der Waals surface area contributed by atoms with Crippen LogP contribution >= 0.6 is 0 Å². The van der Waals surface area contributed by atoms with Crippen molar-refractivity contribution in [3.05, 3.63) is 76.7 Å². The molecule has 25 heavy (non-hydrogen) atoms. The lowest BCUT2D eigenvalue weighted by Gasteiger charge is -2.15. The zero-order chi connectivity index (χ0) is 17.4. The molecule has 4 nitrogen and oxygen atoms in total. The highest BCUT2D eigenvalue weighted by molar-refractivity contribution is 5.80. The van der Waals surface area contributed by atoms with Gasteiger partial charge in [0.15, 0.2) is 6.10 Å². The lowest BCUT2D eigenvalue weighted by molar-refractivity contribution is -0.147. The molecule has 126 valence electrons. The first kappa shape index (κ1) is 15.6. The second kappa shape index (κ2) is 6.20. The van der Waals surface area contributed by atoms with Crippen molar-refractivity contribution >= 4 is 5.97 Å². The molecular formula is C21H19NO3. The molecular weight excluding hydrogens is 314 g/mol. The minimum atomic E-state index is -0.329. The van der Waals surface area contributed by atoms with Crippen molar-refractivity contribution in [3.8, 4) is 11.1 Å². The van der Waals surface area contributed by atoms with Crippen LogP contribution in [0.3, 0.4) is 0 Å². The number of benzene rings is 2. The number of ether oxygens (including phenoxy) is 1. The summed E-state index contributed by atoms with van der Waals surface area (Å²) in [6.07, 6.45) is 0.560. The molecule has 0 atom stereocenters. The Morgan fingerprint density at radius 1 is 1.04 bits per heavy atom. The summed E-state index contributed by atoms with van der Waals surface area (Å²) < 4.78 is 11.0. The van der Waals surface area contributed by atoms with Gasteiger partial charge in [0.05, 0.1) is 5.69 Å². The predicted octanol–water partition coefficient (Wildman–Crippen LogP) is 4.54. The highest BCUT2D eigenvalue weighted by Crippen LogP contribution is 2.45. The first-order valence-corrected chi connectivity index (χ1v) is 8.44. The number of rotatable bonds is 4. The second-order valence-corrected chi connectivity index (χ2v) is 6.35. The number of nitrogens with zero attached hydrogens (tertiary/aromatic N) is 1. The molecule has 0 bridgehead atoms. The van der Waals surface area contributed by atoms with E-state index in [4.69, 9.17) is 9.26 Å². The zero-order valence-electron chi connectivity index (χ0n) is 14.3. The zero-order valence-corrected chi connectivity index (χ0v) is 14.3. The quantitative estimate of drug-likeness (QED) is 0.658. The van der Waals surface area contributed by atoms with Crippen molar-refractivity contribution in [2.45, 2.75) is 32.8 Å². The maximum atomic E-state index is 12.5. The van der Waals surface area contributed by atoms with Crippen LogP contribution in [0, 0.1) is 13.8 Å². The molecule has 1 heterocycles. The number of aromatic nitrogens is 1. The molecule has 0 aliphatic heterocycles. The molecule has 4 heteroatoms. The third-order valence-corrected chi connectivity index (χ3v) is 4.79. The van der Waals surface area contributed by atoms with Crippen molar-refractivity contribution in [3.63, 3.8) is 0 Å². The Bertz CT molecular complexity index is 877. The van der Waals surface area contributed by atoms with Crippen molar-refractivity contribution in [2.75, 3.05) is 0 Å². The van der Waals surface area contributed by atoms with Gasteiger partial charge in [0.1, 0.15) is 5.76 Å². The molecule has 0 radical (unpaired) electrons. The number of hydrogen-bond acceptors (Lipinski definition) is 4. The van der Waals surface area contributed by atoms with Gasteiger partial charge >= 0.3 is 5.97 Å². The highest BCUT2D eigenvalue weighted by atomic mass is 16.5. The second-order valence-electron chi connectivity index (χ2n) is 6.35. The van der Waals surface area contributed by atoms with Gasteiger partial charge in [0, 0.05) is 23.1 Å². The third-order valence-electron chi connectivity index (χ3n) is 4.79. The minimum absolute atomic E-state index is 0.212. The van der Waals surface area contributed by atoms with Gasteiger partial charge in [-0.05, 0) is 31.4 Å². The SMILES string of the molecule is Cc1noc(C)c1CCC(=O)OC1c2ccccc2-c2ccccc21. The van der Waals surface area contributed by atoms with E-state index in [1.54, 1.807) is 0 Å². The van der Waals surface area contributed by atoms with Crippen LogP contribution < -0.4 is 0 Å². The molecule has 0 amide bonds. The normalized spacial score (nSPS) is 12.7. The Kier molecular flexibility index (Phi) is 3.88. The molecule has 0 saturated carbocycles. The van der Waals surface area contributed by atoms with E-state index in [0.29, 0.717) is 12.8 Å². The summed E-state index contributed by atoms with van der Waals surface area (Å²) in [6, 6.07) is 16.2. The summed E-state index contributed by atoms with van der Waals surface area (Å²) in [5, 5.41) is 3.93. The van der Waals surface area contributed by atoms with Crippen molar-refractivity contribution in [2.24, 2.45) is 0 Å². The first-order valence-electron chi connectivity index (χ1n) is 8.44. The summed E-state index contributed by atoms with van der Waals surface area (Å²) in [7, 11) is 0. The summed E-state index contributed by atoms with van der Waals surface area (Å²) in [4.78, 5) is 12.5. The monoisotopic (exact) mass is 333 g/mol. The Morgan fingerprint density at radius 2 is 1.64 bits per heavy atom. The Labute approximate surface area is 146 Å². The fraction of sp³-hybridized carbons (Fsp3) is 0.238. The molecule has 0 spiro atoms. The van der Waals surface area contributed by atoms with Crippen LogP contribution in [-0.4, -0.2) is 11.1 Å². The standard InChI is InChI=1S/C21H19NO3/c1-13-15(14(2)25-22-13)11-12-20(23)24-21-18-9-5-3-7-16(18)17-8-4-6-10-19(17)21/h3-10,21H,11-12H2,1-2H3. The maximum absolute atomic E-state index is 12.5. The van der Waals surface area contributed by atoms with Gasteiger partial charge in [-0.3, -0.25) is 4.79 Å². The minimum Gasteiger partial charge on any atom is -0.452 e. The number of hydrogen-bond donors (Lipinski definition) is 0. The number of carbonyl (C=O) groups excluding carboxylic acids is 1. The smallest absolute Gasteiger partial charge is 0.307 e. The molecule has 0 fully saturated rings. The number of carbonyl (C=O) groups is 1. The summed E-state index contributed by atoms with van der Waals surface area (Å²) in [5.74, 6) is 0.554. The molecule has 4 rings (SSSR count). The molecule has 0 saturated heterocycles. The lowest BCUT2D eigenvalue weighted by atomic mass is 10.1. The highest BCUT2D eigenvalue weighted by Gasteiger charge is 2.30. The van der Waals surface area contributed by atoms with Crippen LogP contribution in [0.4, 0.5) is 0 Å². The van der Waals surface area contributed by atoms with Crippen LogP contribution in [0.5, 0.6) is 0 Å². The van der Waals surface area contributed by atoms with Crippen molar-refractivity contribution in [1.29, 1.82) is 0 Å². The van der Waals surface area contributed by atoms with Crippen LogP contribution in [0.25, 0.3) is 11.1 Å². The third kappa shape index (κ3) is 2.74. The van der Waals surface area contributed by atoms with E-state index in [2.05, 4.69) is 17.3 Å². The summed E-state index contributed by atoms with van der Waals surface area (Å²) >= 11 is 0. The van der Waals surface area contributed by atoms with Gasteiger partial charge < -0.3 is 9.26 Å². The Hall–Kier alpha value is -2.88. The van der Waals surface area contributed by atoms with E-state index >= 15 is 0 Å². The van der Waals surface area contributed by atoms with Crippen LogP contribution in [0.2, 0.25) is 0 Å². The molecule has 3 aromatic rings. The van der Waals surface area contributed by atoms with Crippen LogP contribution in [-0.2, 0) is 16.0 Å². The average Bonchev–Trinajstić information content (AvgIpc) is 3.12. The van der Waals surface area contributed by atoms with Gasteiger partial charge in [-0.15, -0.1) is 0 Å². The number of fused-ring (bicyclic) bond motifs is 3. The number of aryl methyl sites for hydroxylation is 2. The van der Waals surface area contributed by atoms with Crippen molar-refractivity contribution < 1.29 is 14.1 Å². The molecule has 0 N–H and O–H groups in total. The summed E-state index contributed by atoms with van der Waals surface area (Å²) in [6.45, 7) is 3.75. The average molecular weight is 333 g/mol. The molecule has 1 aromatic heterocycles. The van der Waals surface area contributed by atoms with Gasteiger partial charge in [0.25, 0.3) is 0 Å². The van der Waals surface area contributed by atoms with Gasteiger partial charge in [-0.25, -0.2) is 0 Å². The van der Waals surface area contributed by atoms with Crippen LogP contribution in [0.1, 0.15) is 40.7 Å². The first-order chi connectivity index (χ1) is 12.1. The largest absolute Gasteiger partial charge is 0.452 e. The fourth-order valence-electron chi connectivity index (χ4n) is 3.51. The van der Waals surface area contributed by atoms with Gasteiger partial charge in [0.2, 0.25) is 0 Å². The van der Waals surface area contributed by atoms with E-state index in [1.807, 2.05) is 50.2 Å². The van der Waals surface area contributed by atoms with E-state index < -0.39 is 0 Å².